The maximum atomic E-state index is 5.31. The van der Waals surface area contributed by atoms with E-state index in [4.69, 9.17) is 4.74 Å². The van der Waals surface area contributed by atoms with Crippen LogP contribution in [0.25, 0.3) is 0 Å². The van der Waals surface area contributed by atoms with Gasteiger partial charge in [0.2, 0.25) is 0 Å². The third-order valence-electron chi connectivity index (χ3n) is 1.69. The maximum absolute atomic E-state index is 5.31. The fraction of sp³-hybridized carbons (Fsp3) is 0.750. The Morgan fingerprint density at radius 1 is 1.60 bits per heavy atom. The topological polar surface area (TPSA) is 9.23 Å². The molecular weight excluding hydrogens is 192 g/mol. The van der Waals surface area contributed by atoms with Crippen LogP contribution in [0, 0.1) is 5.92 Å². The van der Waals surface area contributed by atoms with E-state index in [0.29, 0.717) is 5.92 Å². The van der Waals surface area contributed by atoms with Gasteiger partial charge >= 0.3 is 0 Å². The zero-order chi connectivity index (χ0) is 7.23. The Bertz CT molecular complexity index is 106. The molecular formula is C8H13BrO. The fourth-order valence-electron chi connectivity index (χ4n) is 1.16. The van der Waals surface area contributed by atoms with Crippen molar-refractivity contribution in [3.05, 3.63) is 12.2 Å². The van der Waals surface area contributed by atoms with Crippen LogP contribution in [0.3, 0.4) is 0 Å². The van der Waals surface area contributed by atoms with E-state index in [1.165, 1.54) is 12.8 Å². The molecule has 2 heteroatoms. The monoisotopic (exact) mass is 204 g/mol. The quantitative estimate of drug-likeness (QED) is 0.496. The molecule has 0 radical (unpaired) electrons. The summed E-state index contributed by atoms with van der Waals surface area (Å²) in [5.74, 6) is 0.672. The molecule has 0 spiro atoms. The van der Waals surface area contributed by atoms with Gasteiger partial charge in [-0.1, -0.05) is 28.1 Å². The van der Waals surface area contributed by atoms with E-state index in [1.54, 1.807) is 0 Å². The highest BCUT2D eigenvalue weighted by atomic mass is 79.9. The van der Waals surface area contributed by atoms with Crippen molar-refractivity contribution >= 4 is 15.9 Å². The van der Waals surface area contributed by atoms with Crippen LogP contribution in [0.1, 0.15) is 12.8 Å². The molecule has 1 atom stereocenters. The third-order valence-corrected chi connectivity index (χ3v) is 2.07. The average molecular weight is 205 g/mol. The van der Waals surface area contributed by atoms with Crippen LogP contribution in [-0.2, 0) is 4.74 Å². The van der Waals surface area contributed by atoms with Crippen molar-refractivity contribution in [3.63, 3.8) is 0 Å². The Morgan fingerprint density at radius 3 is 3.10 bits per heavy atom. The summed E-state index contributed by atoms with van der Waals surface area (Å²) in [6.45, 7) is 1.88. The molecule has 1 heterocycles. The first kappa shape index (κ1) is 8.28. The van der Waals surface area contributed by atoms with Crippen LogP contribution in [0.15, 0.2) is 12.2 Å². The molecule has 1 unspecified atom stereocenters. The highest BCUT2D eigenvalue weighted by molar-refractivity contribution is 9.09. The Morgan fingerprint density at radius 2 is 2.50 bits per heavy atom. The van der Waals surface area contributed by atoms with E-state index >= 15 is 0 Å². The van der Waals surface area contributed by atoms with Gasteiger partial charge in [-0.05, 0) is 12.8 Å². The number of ether oxygens (including phenoxy) is 1. The first-order valence-corrected chi connectivity index (χ1v) is 4.86. The zero-order valence-corrected chi connectivity index (χ0v) is 7.64. The number of allylic oxidation sites excluding steroid dienone is 1. The Labute approximate surface area is 70.6 Å². The largest absolute Gasteiger partial charge is 0.381 e. The molecule has 58 valence electrons. The van der Waals surface area contributed by atoms with Gasteiger partial charge in [-0.2, -0.15) is 0 Å². The summed E-state index contributed by atoms with van der Waals surface area (Å²) < 4.78 is 5.31. The standard InChI is InChI=1S/C8H13BrO/c9-5-1-3-8-4-2-6-10-7-8/h1,3,8H,2,4-7H2. The molecule has 0 aromatic heterocycles. The molecule has 0 bridgehead atoms. The predicted molar refractivity (Wildman–Crippen MR) is 46.5 cm³/mol. The van der Waals surface area contributed by atoms with E-state index in [1.807, 2.05) is 0 Å². The second-order valence-corrected chi connectivity index (χ2v) is 3.21. The molecule has 0 aromatic carbocycles. The molecule has 1 aliphatic heterocycles. The molecule has 1 rings (SSSR count). The fourth-order valence-corrected chi connectivity index (χ4v) is 1.38. The minimum absolute atomic E-state index is 0.672. The second kappa shape index (κ2) is 4.91. The maximum Gasteiger partial charge on any atom is 0.0528 e. The molecule has 1 fully saturated rings. The first-order chi connectivity index (χ1) is 4.93. The zero-order valence-electron chi connectivity index (χ0n) is 6.05. The van der Waals surface area contributed by atoms with Gasteiger partial charge < -0.3 is 4.74 Å². The van der Waals surface area contributed by atoms with Crippen LogP contribution in [0.5, 0.6) is 0 Å². The normalized spacial score (nSPS) is 27.5. The third kappa shape index (κ3) is 2.84. The van der Waals surface area contributed by atoms with Crippen LogP contribution < -0.4 is 0 Å². The van der Waals surface area contributed by atoms with Crippen LogP contribution in [-0.4, -0.2) is 18.5 Å². The lowest BCUT2D eigenvalue weighted by atomic mass is 10.0. The predicted octanol–water partition coefficient (Wildman–Crippen LogP) is 2.36. The van der Waals surface area contributed by atoms with Gasteiger partial charge in [-0.25, -0.2) is 0 Å². The van der Waals surface area contributed by atoms with Gasteiger partial charge in [-0.3, -0.25) is 0 Å². The second-order valence-electron chi connectivity index (χ2n) is 2.56. The average Bonchev–Trinajstić information content (AvgIpc) is 2.03. The lowest BCUT2D eigenvalue weighted by Crippen LogP contribution is -2.14. The molecule has 0 amide bonds. The Hall–Kier alpha value is 0.180. The summed E-state index contributed by atoms with van der Waals surface area (Å²) in [4.78, 5) is 0. The van der Waals surface area contributed by atoms with Crippen molar-refractivity contribution < 1.29 is 4.74 Å². The number of hydrogen-bond acceptors (Lipinski definition) is 1. The van der Waals surface area contributed by atoms with E-state index < -0.39 is 0 Å². The first-order valence-electron chi connectivity index (χ1n) is 3.74. The number of rotatable bonds is 2. The van der Waals surface area contributed by atoms with E-state index in [9.17, 15) is 0 Å². The molecule has 1 nitrogen and oxygen atoms in total. The number of alkyl halides is 1. The molecule has 0 aromatic rings. The number of halogens is 1. The van der Waals surface area contributed by atoms with E-state index in [2.05, 4.69) is 28.1 Å². The summed E-state index contributed by atoms with van der Waals surface area (Å²) >= 11 is 3.35. The summed E-state index contributed by atoms with van der Waals surface area (Å²) in [5, 5.41) is 0.962. The Balaban J connectivity index is 2.19. The minimum Gasteiger partial charge on any atom is -0.381 e. The van der Waals surface area contributed by atoms with Crippen molar-refractivity contribution in [2.45, 2.75) is 12.8 Å². The van der Waals surface area contributed by atoms with Crippen molar-refractivity contribution in [1.82, 2.24) is 0 Å². The van der Waals surface area contributed by atoms with Crippen molar-refractivity contribution in [1.29, 1.82) is 0 Å². The van der Waals surface area contributed by atoms with Gasteiger partial charge in [0.1, 0.15) is 0 Å². The van der Waals surface area contributed by atoms with Crippen molar-refractivity contribution in [3.8, 4) is 0 Å². The summed E-state index contributed by atoms with van der Waals surface area (Å²) in [7, 11) is 0. The van der Waals surface area contributed by atoms with Crippen LogP contribution in [0.4, 0.5) is 0 Å². The van der Waals surface area contributed by atoms with Crippen molar-refractivity contribution in [2.24, 2.45) is 5.92 Å². The highest BCUT2D eigenvalue weighted by Crippen LogP contribution is 2.14. The molecule has 0 aliphatic carbocycles. The minimum atomic E-state index is 0.672. The van der Waals surface area contributed by atoms with E-state index in [-0.39, 0.29) is 0 Å². The number of hydrogen-bond donors (Lipinski definition) is 0. The summed E-state index contributed by atoms with van der Waals surface area (Å²) in [6.07, 6.45) is 6.91. The highest BCUT2D eigenvalue weighted by Gasteiger charge is 2.09. The van der Waals surface area contributed by atoms with Crippen LogP contribution in [0.2, 0.25) is 0 Å². The summed E-state index contributed by atoms with van der Waals surface area (Å²) in [5.41, 5.74) is 0. The van der Waals surface area contributed by atoms with Gasteiger partial charge in [0.05, 0.1) is 6.61 Å². The smallest absolute Gasteiger partial charge is 0.0528 e. The molecule has 1 aliphatic rings. The molecule has 10 heavy (non-hydrogen) atoms. The van der Waals surface area contributed by atoms with Gasteiger partial charge in [0.25, 0.3) is 0 Å². The van der Waals surface area contributed by atoms with Gasteiger partial charge in [0.15, 0.2) is 0 Å². The lowest BCUT2D eigenvalue weighted by molar-refractivity contribution is 0.0710. The summed E-state index contributed by atoms with van der Waals surface area (Å²) in [6, 6.07) is 0. The SMILES string of the molecule is BrCC=CC1CCCOC1. The van der Waals surface area contributed by atoms with Gasteiger partial charge in [0, 0.05) is 17.9 Å². The molecule has 0 saturated carbocycles. The Kier molecular flexibility index (Phi) is 4.07. The van der Waals surface area contributed by atoms with Crippen molar-refractivity contribution in [2.75, 3.05) is 18.5 Å². The lowest BCUT2D eigenvalue weighted by Gasteiger charge is -2.18. The molecule has 0 N–H and O–H groups in total. The van der Waals surface area contributed by atoms with E-state index in [0.717, 1.165) is 18.5 Å². The van der Waals surface area contributed by atoms with Crippen LogP contribution >= 0.6 is 15.9 Å². The van der Waals surface area contributed by atoms with Gasteiger partial charge in [-0.15, -0.1) is 0 Å². The molecule has 1 saturated heterocycles.